The van der Waals surface area contributed by atoms with Crippen LogP contribution in [0.2, 0.25) is 0 Å². The molecule has 1 fully saturated rings. The monoisotopic (exact) mass is 408 g/mol. The van der Waals surface area contributed by atoms with Crippen LogP contribution in [0.4, 0.5) is 11.8 Å². The Morgan fingerprint density at radius 2 is 2.13 bits per heavy atom. The second-order valence-corrected chi connectivity index (χ2v) is 7.77. The van der Waals surface area contributed by atoms with Gasteiger partial charge in [-0.25, -0.2) is 15.0 Å². The first-order valence-corrected chi connectivity index (χ1v) is 10.5. The van der Waals surface area contributed by atoms with E-state index in [9.17, 15) is 4.79 Å². The first-order valence-electron chi connectivity index (χ1n) is 10.5. The van der Waals surface area contributed by atoms with E-state index in [1.54, 1.807) is 12.5 Å². The van der Waals surface area contributed by atoms with Gasteiger partial charge in [-0.15, -0.1) is 0 Å². The predicted octanol–water partition coefficient (Wildman–Crippen LogP) is 2.84. The molecule has 0 unspecified atom stereocenters. The van der Waals surface area contributed by atoms with Crippen molar-refractivity contribution in [1.82, 2.24) is 29.4 Å². The number of rotatable bonds is 9. The van der Waals surface area contributed by atoms with Crippen LogP contribution in [0.25, 0.3) is 11.2 Å². The summed E-state index contributed by atoms with van der Waals surface area (Å²) in [5, 5.41) is 6.79. The Morgan fingerprint density at radius 1 is 1.23 bits per heavy atom. The van der Waals surface area contributed by atoms with Crippen LogP contribution in [-0.2, 0) is 11.3 Å². The van der Waals surface area contributed by atoms with Gasteiger partial charge >= 0.3 is 0 Å². The van der Waals surface area contributed by atoms with Gasteiger partial charge < -0.3 is 15.5 Å². The summed E-state index contributed by atoms with van der Waals surface area (Å²) in [6, 6.07) is 4.14. The predicted molar refractivity (Wildman–Crippen MR) is 116 cm³/mol. The number of amides is 1. The van der Waals surface area contributed by atoms with Crippen molar-refractivity contribution in [2.75, 3.05) is 30.3 Å². The second-order valence-electron chi connectivity index (χ2n) is 7.77. The molecule has 9 heteroatoms. The van der Waals surface area contributed by atoms with Crippen LogP contribution >= 0.6 is 0 Å². The van der Waals surface area contributed by atoms with E-state index in [0.717, 1.165) is 61.0 Å². The van der Waals surface area contributed by atoms with Crippen LogP contribution in [0.15, 0.2) is 30.9 Å². The Kier molecular flexibility index (Phi) is 6.06. The highest BCUT2D eigenvalue weighted by Crippen LogP contribution is 2.26. The van der Waals surface area contributed by atoms with Crippen LogP contribution in [-0.4, -0.2) is 54.9 Å². The van der Waals surface area contributed by atoms with Crippen molar-refractivity contribution in [3.05, 3.63) is 36.4 Å². The van der Waals surface area contributed by atoms with Crippen molar-refractivity contribution in [3.63, 3.8) is 0 Å². The summed E-state index contributed by atoms with van der Waals surface area (Å²) in [5.74, 6) is 1.74. The molecule has 30 heavy (non-hydrogen) atoms. The minimum Gasteiger partial charge on any atom is -0.368 e. The Bertz CT molecular complexity index is 1000. The van der Waals surface area contributed by atoms with Crippen LogP contribution in [0.5, 0.6) is 0 Å². The van der Waals surface area contributed by atoms with E-state index in [-0.39, 0.29) is 11.9 Å². The third kappa shape index (κ3) is 4.34. The SMILES string of the molecule is CC(C)n1c(NCc2cccnc2)nc2c(NCCCN3CCCC3=O)ncnc21. The molecule has 0 saturated carbocycles. The van der Waals surface area contributed by atoms with Crippen molar-refractivity contribution in [3.8, 4) is 0 Å². The molecule has 2 N–H and O–H groups in total. The van der Waals surface area contributed by atoms with E-state index in [2.05, 4.69) is 44.0 Å². The number of nitrogens with one attached hydrogen (secondary N) is 2. The normalized spacial score (nSPS) is 14.1. The van der Waals surface area contributed by atoms with Crippen LogP contribution in [0.1, 0.15) is 44.7 Å². The minimum atomic E-state index is 0.190. The van der Waals surface area contributed by atoms with Gasteiger partial charge in [0, 0.05) is 51.0 Å². The van der Waals surface area contributed by atoms with Gasteiger partial charge in [-0.3, -0.25) is 14.3 Å². The van der Waals surface area contributed by atoms with E-state index in [0.29, 0.717) is 13.0 Å². The highest BCUT2D eigenvalue weighted by Gasteiger charge is 2.20. The molecule has 1 saturated heterocycles. The number of carbonyl (C=O) groups is 1. The fraction of sp³-hybridized carbons (Fsp3) is 0.476. The lowest BCUT2D eigenvalue weighted by Gasteiger charge is -2.15. The first-order chi connectivity index (χ1) is 14.6. The summed E-state index contributed by atoms with van der Waals surface area (Å²) in [6.45, 7) is 7.23. The zero-order valence-electron chi connectivity index (χ0n) is 17.5. The number of nitrogens with zero attached hydrogens (tertiary/aromatic N) is 6. The van der Waals surface area contributed by atoms with E-state index in [1.807, 2.05) is 23.2 Å². The van der Waals surface area contributed by atoms with Crippen LogP contribution in [0.3, 0.4) is 0 Å². The van der Waals surface area contributed by atoms with Gasteiger partial charge in [0.15, 0.2) is 17.0 Å². The molecule has 0 spiro atoms. The molecule has 1 aliphatic rings. The number of fused-ring (bicyclic) bond motifs is 1. The first kappa shape index (κ1) is 20.1. The number of likely N-dealkylation sites (tertiary alicyclic amines) is 1. The van der Waals surface area contributed by atoms with Gasteiger partial charge in [-0.2, -0.15) is 0 Å². The largest absolute Gasteiger partial charge is 0.368 e. The number of aromatic nitrogens is 5. The fourth-order valence-electron chi connectivity index (χ4n) is 3.75. The maximum Gasteiger partial charge on any atom is 0.222 e. The van der Waals surface area contributed by atoms with Crippen molar-refractivity contribution >= 4 is 28.8 Å². The van der Waals surface area contributed by atoms with Gasteiger partial charge in [0.1, 0.15) is 6.33 Å². The third-order valence-electron chi connectivity index (χ3n) is 5.24. The smallest absolute Gasteiger partial charge is 0.222 e. The van der Waals surface area contributed by atoms with Crippen molar-refractivity contribution in [2.24, 2.45) is 0 Å². The fourth-order valence-corrected chi connectivity index (χ4v) is 3.75. The molecular weight excluding hydrogens is 380 g/mol. The third-order valence-corrected chi connectivity index (χ3v) is 5.24. The Labute approximate surface area is 175 Å². The summed E-state index contributed by atoms with van der Waals surface area (Å²) in [5.41, 5.74) is 2.63. The van der Waals surface area contributed by atoms with E-state index in [4.69, 9.17) is 4.98 Å². The molecule has 0 aliphatic carbocycles. The summed E-state index contributed by atoms with van der Waals surface area (Å²) >= 11 is 0. The molecule has 0 bridgehead atoms. The molecular formula is C21H28N8O. The van der Waals surface area contributed by atoms with E-state index < -0.39 is 0 Å². The zero-order chi connectivity index (χ0) is 20.9. The molecule has 0 aromatic carbocycles. The summed E-state index contributed by atoms with van der Waals surface area (Å²) in [4.78, 5) is 31.5. The number of anilines is 2. The number of pyridine rings is 1. The molecule has 0 atom stereocenters. The molecule has 9 nitrogen and oxygen atoms in total. The lowest BCUT2D eigenvalue weighted by Crippen LogP contribution is -2.27. The molecule has 1 amide bonds. The van der Waals surface area contributed by atoms with Crippen molar-refractivity contribution in [2.45, 2.75) is 45.7 Å². The molecule has 3 aromatic heterocycles. The molecule has 4 rings (SSSR count). The zero-order valence-corrected chi connectivity index (χ0v) is 17.5. The Hall–Kier alpha value is -3.23. The maximum atomic E-state index is 11.7. The Morgan fingerprint density at radius 3 is 2.87 bits per heavy atom. The topological polar surface area (TPSA) is 101 Å². The van der Waals surface area contributed by atoms with E-state index >= 15 is 0 Å². The lowest BCUT2D eigenvalue weighted by atomic mass is 10.3. The lowest BCUT2D eigenvalue weighted by molar-refractivity contribution is -0.127. The highest BCUT2D eigenvalue weighted by atomic mass is 16.2. The number of hydrogen-bond acceptors (Lipinski definition) is 7. The second kappa shape index (κ2) is 9.06. The quantitative estimate of drug-likeness (QED) is 0.525. The number of imidazole rings is 1. The van der Waals surface area contributed by atoms with Gasteiger partial charge in [0.05, 0.1) is 0 Å². The van der Waals surface area contributed by atoms with Crippen LogP contribution < -0.4 is 10.6 Å². The average Bonchev–Trinajstić information content (AvgIpc) is 3.33. The summed E-state index contributed by atoms with van der Waals surface area (Å²) < 4.78 is 2.08. The number of hydrogen-bond donors (Lipinski definition) is 2. The standard InChI is InChI=1S/C21H28N8O/c1-15(2)29-20-18(27-21(29)24-13-16-6-3-8-22-12-16)19(25-14-26-20)23-9-5-11-28-10-4-7-17(28)30/h3,6,8,12,14-15H,4-5,7,9-11,13H2,1-2H3,(H,24,27)(H,23,25,26). The van der Waals surface area contributed by atoms with Crippen LogP contribution in [0, 0.1) is 0 Å². The van der Waals surface area contributed by atoms with Gasteiger partial charge in [0.2, 0.25) is 11.9 Å². The van der Waals surface area contributed by atoms with Gasteiger partial charge in [0.25, 0.3) is 0 Å². The maximum absolute atomic E-state index is 11.7. The van der Waals surface area contributed by atoms with E-state index in [1.165, 1.54) is 0 Å². The highest BCUT2D eigenvalue weighted by molar-refractivity contribution is 5.85. The van der Waals surface area contributed by atoms with Gasteiger partial charge in [-0.05, 0) is 38.3 Å². The number of carbonyl (C=O) groups excluding carboxylic acids is 1. The molecule has 158 valence electrons. The van der Waals surface area contributed by atoms with Crippen molar-refractivity contribution < 1.29 is 4.79 Å². The summed E-state index contributed by atoms with van der Waals surface area (Å²) in [6.07, 6.45) is 7.70. The summed E-state index contributed by atoms with van der Waals surface area (Å²) in [7, 11) is 0. The molecule has 3 aromatic rings. The van der Waals surface area contributed by atoms with Crippen molar-refractivity contribution in [1.29, 1.82) is 0 Å². The molecule has 4 heterocycles. The molecule has 1 aliphatic heterocycles. The molecule has 0 radical (unpaired) electrons. The average molecular weight is 409 g/mol. The minimum absolute atomic E-state index is 0.190. The van der Waals surface area contributed by atoms with Gasteiger partial charge in [-0.1, -0.05) is 6.07 Å². The Balaban J connectivity index is 1.47.